The fourth-order valence-electron chi connectivity index (χ4n) is 2.41. The Morgan fingerprint density at radius 1 is 1.00 bits per heavy atom. The van der Waals surface area contributed by atoms with Gasteiger partial charge in [-0.05, 0) is 38.1 Å². The van der Waals surface area contributed by atoms with Crippen molar-refractivity contribution in [3.63, 3.8) is 0 Å². The third-order valence-corrected chi connectivity index (χ3v) is 3.91. The average Bonchev–Trinajstić information content (AvgIpc) is 2.59. The molecular weight excluding hydrogens is 324 g/mol. The second kappa shape index (κ2) is 6.80. The van der Waals surface area contributed by atoms with Crippen LogP contribution in [-0.4, -0.2) is 15.0 Å². The van der Waals surface area contributed by atoms with Gasteiger partial charge in [0.2, 0.25) is 5.95 Å². The number of halogens is 2. The number of pyridine rings is 1. The Hall–Kier alpha value is -3.09. The molecule has 0 aliphatic carbocycles. The van der Waals surface area contributed by atoms with Gasteiger partial charge in [0.05, 0.1) is 12.2 Å². The van der Waals surface area contributed by atoms with Crippen LogP contribution < -0.4 is 10.6 Å². The maximum Gasteiger partial charge on any atom is 0.232 e. The highest BCUT2D eigenvalue weighted by molar-refractivity contribution is 5.61. The van der Waals surface area contributed by atoms with E-state index in [2.05, 4.69) is 15.0 Å². The molecule has 0 fully saturated rings. The Morgan fingerprint density at radius 3 is 2.32 bits per heavy atom. The third kappa shape index (κ3) is 3.40. The minimum Gasteiger partial charge on any atom is -0.383 e. The SMILES string of the molecule is Cc1nc(N(Cc2ccccn2)c2c(F)cccc2F)nc(N)c1C. The molecule has 0 atom stereocenters. The van der Waals surface area contributed by atoms with Crippen LogP contribution in [0.1, 0.15) is 17.0 Å². The molecule has 1 aromatic carbocycles. The minimum absolute atomic E-state index is 0.0979. The van der Waals surface area contributed by atoms with Gasteiger partial charge < -0.3 is 5.73 Å². The number of rotatable bonds is 4. The van der Waals surface area contributed by atoms with E-state index < -0.39 is 11.6 Å². The summed E-state index contributed by atoms with van der Waals surface area (Å²) >= 11 is 0. The van der Waals surface area contributed by atoms with Crippen molar-refractivity contribution in [3.05, 3.63) is 71.2 Å². The van der Waals surface area contributed by atoms with Crippen LogP contribution in [0, 0.1) is 25.5 Å². The second-order valence-electron chi connectivity index (χ2n) is 5.60. The Morgan fingerprint density at radius 2 is 1.72 bits per heavy atom. The van der Waals surface area contributed by atoms with E-state index in [1.54, 1.807) is 38.2 Å². The van der Waals surface area contributed by atoms with E-state index in [-0.39, 0.29) is 24.0 Å². The molecule has 0 aliphatic heterocycles. The summed E-state index contributed by atoms with van der Waals surface area (Å²) in [6.07, 6.45) is 1.61. The van der Waals surface area contributed by atoms with E-state index >= 15 is 0 Å². The Balaban J connectivity index is 2.16. The monoisotopic (exact) mass is 341 g/mol. The summed E-state index contributed by atoms with van der Waals surface area (Å²) in [4.78, 5) is 14.1. The summed E-state index contributed by atoms with van der Waals surface area (Å²) in [6.45, 7) is 3.66. The fourth-order valence-corrected chi connectivity index (χ4v) is 2.41. The van der Waals surface area contributed by atoms with Crippen LogP contribution >= 0.6 is 0 Å². The first-order valence-corrected chi connectivity index (χ1v) is 7.69. The van der Waals surface area contributed by atoms with Crippen LogP contribution in [0.25, 0.3) is 0 Å². The third-order valence-electron chi connectivity index (χ3n) is 3.91. The Bertz CT molecular complexity index is 856. The van der Waals surface area contributed by atoms with Crippen LogP contribution in [0.15, 0.2) is 42.6 Å². The first-order valence-electron chi connectivity index (χ1n) is 7.69. The molecule has 0 unspecified atom stereocenters. The summed E-state index contributed by atoms with van der Waals surface area (Å²) in [5, 5.41) is 0. The number of nitrogens with zero attached hydrogens (tertiary/aromatic N) is 4. The molecule has 0 amide bonds. The average molecular weight is 341 g/mol. The van der Waals surface area contributed by atoms with Gasteiger partial charge in [-0.2, -0.15) is 4.98 Å². The zero-order valence-electron chi connectivity index (χ0n) is 13.9. The van der Waals surface area contributed by atoms with Crippen molar-refractivity contribution < 1.29 is 8.78 Å². The smallest absolute Gasteiger partial charge is 0.232 e. The largest absolute Gasteiger partial charge is 0.383 e. The molecule has 2 N–H and O–H groups in total. The Kier molecular flexibility index (Phi) is 4.56. The van der Waals surface area contributed by atoms with E-state index in [0.717, 1.165) is 5.56 Å². The number of aromatic nitrogens is 3. The number of hydrogen-bond acceptors (Lipinski definition) is 5. The molecule has 0 saturated carbocycles. The zero-order valence-corrected chi connectivity index (χ0v) is 13.9. The van der Waals surface area contributed by atoms with Gasteiger partial charge in [-0.15, -0.1) is 0 Å². The van der Waals surface area contributed by atoms with E-state index in [0.29, 0.717) is 11.4 Å². The molecule has 0 saturated heterocycles. The van der Waals surface area contributed by atoms with E-state index in [4.69, 9.17) is 5.73 Å². The van der Waals surface area contributed by atoms with Gasteiger partial charge in [0.1, 0.15) is 23.1 Å². The normalized spacial score (nSPS) is 10.7. The lowest BCUT2D eigenvalue weighted by Gasteiger charge is -2.24. The maximum atomic E-state index is 14.4. The molecule has 25 heavy (non-hydrogen) atoms. The lowest BCUT2D eigenvalue weighted by atomic mass is 10.2. The molecular formula is C18H17F2N5. The highest BCUT2D eigenvalue weighted by Crippen LogP contribution is 2.31. The highest BCUT2D eigenvalue weighted by Gasteiger charge is 2.22. The highest BCUT2D eigenvalue weighted by atomic mass is 19.1. The molecule has 7 heteroatoms. The van der Waals surface area contributed by atoms with Crippen molar-refractivity contribution >= 4 is 17.5 Å². The van der Waals surface area contributed by atoms with Crippen molar-refractivity contribution in [3.8, 4) is 0 Å². The van der Waals surface area contributed by atoms with Crippen LogP contribution in [-0.2, 0) is 6.54 Å². The first kappa shape index (κ1) is 16.8. The summed E-state index contributed by atoms with van der Waals surface area (Å²) in [5.74, 6) is -1.03. The van der Waals surface area contributed by atoms with Gasteiger partial charge in [0, 0.05) is 17.5 Å². The number of nitrogen functional groups attached to an aromatic ring is 1. The second-order valence-corrected chi connectivity index (χ2v) is 5.60. The van der Waals surface area contributed by atoms with E-state index in [9.17, 15) is 8.78 Å². The first-order chi connectivity index (χ1) is 12.0. The summed E-state index contributed by atoms with van der Waals surface area (Å²) in [7, 11) is 0. The number of aryl methyl sites for hydroxylation is 1. The van der Waals surface area contributed by atoms with E-state index in [1.165, 1.54) is 23.1 Å². The minimum atomic E-state index is -0.712. The van der Waals surface area contributed by atoms with Gasteiger partial charge in [-0.1, -0.05) is 12.1 Å². The number of hydrogen-bond donors (Lipinski definition) is 1. The fraction of sp³-hybridized carbons (Fsp3) is 0.167. The van der Waals surface area contributed by atoms with Gasteiger partial charge in [-0.3, -0.25) is 9.88 Å². The number of nitrogens with two attached hydrogens (primary N) is 1. The molecule has 5 nitrogen and oxygen atoms in total. The van der Waals surface area contributed by atoms with Crippen molar-refractivity contribution in [2.24, 2.45) is 0 Å². The quantitative estimate of drug-likeness (QED) is 0.784. The maximum absolute atomic E-state index is 14.4. The number of para-hydroxylation sites is 1. The number of benzene rings is 1. The summed E-state index contributed by atoms with van der Waals surface area (Å²) in [5.41, 5.74) is 7.68. The van der Waals surface area contributed by atoms with Crippen molar-refractivity contribution in [1.29, 1.82) is 0 Å². The summed E-state index contributed by atoms with van der Waals surface area (Å²) < 4.78 is 28.8. The molecule has 0 spiro atoms. The summed E-state index contributed by atoms with van der Waals surface area (Å²) in [6, 6.07) is 9.01. The zero-order chi connectivity index (χ0) is 18.0. The molecule has 3 aromatic rings. The predicted molar refractivity (Wildman–Crippen MR) is 92.4 cm³/mol. The molecule has 2 aromatic heterocycles. The van der Waals surface area contributed by atoms with E-state index in [1.807, 2.05) is 0 Å². The van der Waals surface area contributed by atoms with Gasteiger partial charge in [0.15, 0.2) is 0 Å². The predicted octanol–water partition coefficient (Wildman–Crippen LogP) is 3.69. The van der Waals surface area contributed by atoms with Crippen molar-refractivity contribution in [1.82, 2.24) is 15.0 Å². The van der Waals surface area contributed by atoms with Gasteiger partial charge in [0.25, 0.3) is 0 Å². The lowest BCUT2D eigenvalue weighted by Crippen LogP contribution is -2.23. The van der Waals surface area contributed by atoms with Gasteiger partial charge in [-0.25, -0.2) is 13.8 Å². The molecule has 0 aliphatic rings. The van der Waals surface area contributed by atoms with Crippen molar-refractivity contribution in [2.45, 2.75) is 20.4 Å². The van der Waals surface area contributed by atoms with Crippen LogP contribution in [0.5, 0.6) is 0 Å². The number of anilines is 3. The molecule has 3 rings (SSSR count). The molecule has 2 heterocycles. The lowest BCUT2D eigenvalue weighted by molar-refractivity contribution is 0.577. The molecule has 0 bridgehead atoms. The van der Waals surface area contributed by atoms with Crippen molar-refractivity contribution in [2.75, 3.05) is 10.6 Å². The van der Waals surface area contributed by atoms with Crippen LogP contribution in [0.2, 0.25) is 0 Å². The standard InChI is InChI=1S/C18H17F2N5/c1-11-12(2)23-18(24-17(11)21)25(10-13-6-3-4-9-22-13)16-14(19)7-5-8-15(16)20/h3-9H,10H2,1-2H3,(H2,21,23,24). The van der Waals surface area contributed by atoms with Crippen LogP contribution in [0.4, 0.5) is 26.2 Å². The molecule has 128 valence electrons. The van der Waals surface area contributed by atoms with Gasteiger partial charge >= 0.3 is 0 Å². The topological polar surface area (TPSA) is 67.9 Å². The van der Waals surface area contributed by atoms with Crippen LogP contribution in [0.3, 0.4) is 0 Å². The Labute approximate surface area is 144 Å². The molecule has 0 radical (unpaired) electrons.